The number of rotatable bonds is 8. The largest absolute Gasteiger partial charge is 0.444 e. The van der Waals surface area contributed by atoms with E-state index in [0.29, 0.717) is 18.0 Å². The molecule has 0 unspecified atom stereocenters. The second-order valence-corrected chi connectivity index (χ2v) is 6.86. The number of carbonyl (C=O) groups excluding carboxylic acids is 2. The fraction of sp³-hybridized carbons (Fsp3) is 0.316. The van der Waals surface area contributed by atoms with Crippen molar-refractivity contribution in [3.8, 4) is 11.5 Å². The van der Waals surface area contributed by atoms with E-state index in [9.17, 15) is 9.59 Å². The lowest BCUT2D eigenvalue weighted by molar-refractivity contribution is 0.0995. The van der Waals surface area contributed by atoms with Gasteiger partial charge in [0.15, 0.2) is 11.4 Å². The van der Waals surface area contributed by atoms with Crippen molar-refractivity contribution < 1.29 is 14.0 Å². The van der Waals surface area contributed by atoms with Gasteiger partial charge < -0.3 is 20.8 Å². The zero-order valence-electron chi connectivity index (χ0n) is 15.9. The third-order valence-corrected chi connectivity index (χ3v) is 4.58. The van der Waals surface area contributed by atoms with Crippen LogP contribution in [0.4, 0.5) is 11.5 Å². The van der Waals surface area contributed by atoms with Gasteiger partial charge in [0.25, 0.3) is 11.8 Å². The summed E-state index contributed by atoms with van der Waals surface area (Å²) in [5.41, 5.74) is 6.32. The minimum atomic E-state index is -0.726. The van der Waals surface area contributed by atoms with Crippen molar-refractivity contribution in [3.05, 3.63) is 42.2 Å². The molecule has 150 valence electrons. The monoisotopic (exact) mass is 395 g/mol. The maximum atomic E-state index is 12.5. The molecule has 4 N–H and O–H groups in total. The van der Waals surface area contributed by atoms with Crippen LogP contribution in [0, 0.1) is 5.92 Å². The topological polar surface area (TPSA) is 141 Å². The van der Waals surface area contributed by atoms with E-state index in [2.05, 4.69) is 25.7 Å². The Morgan fingerprint density at radius 3 is 2.93 bits per heavy atom. The van der Waals surface area contributed by atoms with Crippen molar-refractivity contribution in [1.29, 1.82) is 0 Å². The minimum Gasteiger partial charge on any atom is -0.444 e. The number of amides is 2. The summed E-state index contributed by atoms with van der Waals surface area (Å²) in [7, 11) is 0. The van der Waals surface area contributed by atoms with Crippen molar-refractivity contribution in [2.45, 2.75) is 26.3 Å². The predicted molar refractivity (Wildman–Crippen MR) is 105 cm³/mol. The van der Waals surface area contributed by atoms with Gasteiger partial charge in [-0.15, -0.1) is 0 Å². The molecule has 0 bridgehead atoms. The summed E-state index contributed by atoms with van der Waals surface area (Å²) in [5, 5.41) is 9.94. The van der Waals surface area contributed by atoms with Crippen LogP contribution in [0.3, 0.4) is 0 Å². The van der Waals surface area contributed by atoms with Gasteiger partial charge in [-0.1, -0.05) is 0 Å². The number of nitrogens with zero attached hydrogens (tertiary/aromatic N) is 4. The number of hydrogen-bond acceptors (Lipinski definition) is 7. The molecule has 0 atom stereocenters. The smallest absolute Gasteiger partial charge is 0.277 e. The Morgan fingerprint density at radius 2 is 2.21 bits per heavy atom. The molecule has 29 heavy (non-hydrogen) atoms. The molecule has 1 fully saturated rings. The summed E-state index contributed by atoms with van der Waals surface area (Å²) < 4.78 is 6.98. The number of hydrogen-bond donors (Lipinski definition) is 3. The lowest BCUT2D eigenvalue weighted by Gasteiger charge is -2.04. The van der Waals surface area contributed by atoms with Crippen molar-refractivity contribution in [1.82, 2.24) is 19.7 Å². The highest BCUT2D eigenvalue weighted by atomic mass is 16.3. The van der Waals surface area contributed by atoms with Crippen LogP contribution in [0.5, 0.6) is 0 Å². The van der Waals surface area contributed by atoms with E-state index >= 15 is 0 Å². The third kappa shape index (κ3) is 4.26. The van der Waals surface area contributed by atoms with Crippen molar-refractivity contribution in [2.24, 2.45) is 11.7 Å². The van der Waals surface area contributed by atoms with Gasteiger partial charge >= 0.3 is 0 Å². The maximum absolute atomic E-state index is 12.5. The Bertz CT molecular complexity index is 1050. The van der Waals surface area contributed by atoms with Gasteiger partial charge in [0.05, 0.1) is 5.69 Å². The van der Waals surface area contributed by atoms with E-state index in [1.165, 1.54) is 23.8 Å². The Balaban J connectivity index is 1.49. The zero-order valence-corrected chi connectivity index (χ0v) is 15.9. The average molecular weight is 395 g/mol. The molecule has 10 heteroatoms. The lowest BCUT2D eigenvalue weighted by atomic mass is 10.2. The van der Waals surface area contributed by atoms with E-state index in [1.54, 1.807) is 18.5 Å². The van der Waals surface area contributed by atoms with E-state index in [0.717, 1.165) is 18.3 Å². The highest BCUT2D eigenvalue weighted by Gasteiger charge is 2.21. The number of pyridine rings is 1. The summed E-state index contributed by atoms with van der Waals surface area (Å²) in [6.45, 7) is 3.28. The van der Waals surface area contributed by atoms with E-state index < -0.39 is 11.8 Å². The first-order chi connectivity index (χ1) is 14.0. The highest BCUT2D eigenvalue weighted by molar-refractivity contribution is 6.07. The molecule has 3 aromatic heterocycles. The van der Waals surface area contributed by atoms with Gasteiger partial charge in [0, 0.05) is 31.0 Å². The standard InChI is InChI=1S/C19H21N7O3/c1-2-26-9-13(16(25-26)17(20)27)23-18(28)14-10-29-19(24-14)12-5-6-21-15(7-12)22-8-11-3-4-11/h5-7,9-11H,2-4,8H2,1H3,(H2,20,27)(H,21,22)(H,23,28). The van der Waals surface area contributed by atoms with E-state index in [1.807, 2.05) is 13.0 Å². The first-order valence-electron chi connectivity index (χ1n) is 9.38. The van der Waals surface area contributed by atoms with Gasteiger partial charge in [-0.3, -0.25) is 14.3 Å². The first-order valence-corrected chi connectivity index (χ1v) is 9.38. The van der Waals surface area contributed by atoms with Gasteiger partial charge in [-0.05, 0) is 37.8 Å². The van der Waals surface area contributed by atoms with Crippen LogP contribution in [0.1, 0.15) is 40.7 Å². The highest BCUT2D eigenvalue weighted by Crippen LogP contribution is 2.29. The van der Waals surface area contributed by atoms with Crippen LogP contribution >= 0.6 is 0 Å². The quantitative estimate of drug-likeness (QED) is 0.530. The molecule has 0 spiro atoms. The van der Waals surface area contributed by atoms with Crippen molar-refractivity contribution >= 4 is 23.3 Å². The van der Waals surface area contributed by atoms with Crippen LogP contribution in [-0.2, 0) is 6.54 Å². The summed E-state index contributed by atoms with van der Waals surface area (Å²) in [6.07, 6.45) is 6.96. The maximum Gasteiger partial charge on any atom is 0.277 e. The predicted octanol–water partition coefficient (Wildman–Crippen LogP) is 2.13. The molecule has 10 nitrogen and oxygen atoms in total. The number of aromatic nitrogens is 4. The summed E-state index contributed by atoms with van der Waals surface area (Å²) in [6, 6.07) is 3.58. The number of nitrogens with two attached hydrogens (primary N) is 1. The van der Waals surface area contributed by atoms with Crippen molar-refractivity contribution in [2.75, 3.05) is 17.2 Å². The number of nitrogens with one attached hydrogen (secondary N) is 2. The second-order valence-electron chi connectivity index (χ2n) is 6.86. The summed E-state index contributed by atoms with van der Waals surface area (Å²) >= 11 is 0. The SMILES string of the molecule is CCn1cc(NC(=O)c2coc(-c3ccnc(NCC4CC4)c3)n2)c(C(N)=O)n1. The number of carbonyl (C=O) groups is 2. The Morgan fingerprint density at radius 1 is 1.38 bits per heavy atom. The van der Waals surface area contributed by atoms with Crippen LogP contribution in [0.25, 0.3) is 11.5 Å². The molecule has 1 aliphatic rings. The fourth-order valence-corrected chi connectivity index (χ4v) is 2.78. The molecular formula is C19H21N7O3. The van der Waals surface area contributed by atoms with Gasteiger partial charge in [-0.2, -0.15) is 5.10 Å². The van der Waals surface area contributed by atoms with Crippen LogP contribution in [0.2, 0.25) is 0 Å². The number of anilines is 2. The van der Waals surface area contributed by atoms with Gasteiger partial charge in [-0.25, -0.2) is 9.97 Å². The molecular weight excluding hydrogens is 374 g/mol. The van der Waals surface area contributed by atoms with Gasteiger partial charge in [0.1, 0.15) is 12.1 Å². The third-order valence-electron chi connectivity index (χ3n) is 4.58. The molecule has 2 amide bonds. The first kappa shape index (κ1) is 18.7. The molecule has 3 heterocycles. The van der Waals surface area contributed by atoms with E-state index in [4.69, 9.17) is 10.2 Å². The molecule has 3 aromatic rings. The Labute approximate surface area is 166 Å². The van der Waals surface area contributed by atoms with Crippen LogP contribution < -0.4 is 16.4 Å². The molecule has 1 aliphatic carbocycles. The summed E-state index contributed by atoms with van der Waals surface area (Å²) in [4.78, 5) is 32.6. The van der Waals surface area contributed by atoms with E-state index in [-0.39, 0.29) is 17.1 Å². The Kier molecular flexibility index (Phi) is 4.98. The molecule has 1 saturated carbocycles. The molecule has 0 saturated heterocycles. The fourth-order valence-electron chi connectivity index (χ4n) is 2.78. The summed E-state index contributed by atoms with van der Waals surface area (Å²) in [5.74, 6) is 0.499. The number of oxazole rings is 1. The van der Waals surface area contributed by atoms with Crippen LogP contribution in [0.15, 0.2) is 35.2 Å². The van der Waals surface area contributed by atoms with Crippen LogP contribution in [-0.4, -0.2) is 38.1 Å². The average Bonchev–Trinajstić information content (AvgIpc) is 3.25. The molecule has 0 radical (unpaired) electrons. The number of primary amides is 1. The molecule has 0 aromatic carbocycles. The number of aryl methyl sites for hydroxylation is 1. The zero-order chi connectivity index (χ0) is 20.4. The lowest BCUT2D eigenvalue weighted by Crippen LogP contribution is -2.18. The van der Waals surface area contributed by atoms with Crippen molar-refractivity contribution in [3.63, 3.8) is 0 Å². The molecule has 4 rings (SSSR count). The normalized spacial score (nSPS) is 13.3. The molecule has 0 aliphatic heterocycles. The Hall–Kier alpha value is -3.69. The van der Waals surface area contributed by atoms with Gasteiger partial charge in [0.2, 0.25) is 5.89 Å². The second kappa shape index (κ2) is 7.74. The minimum absolute atomic E-state index is 0.00979.